The first-order chi connectivity index (χ1) is 14.0. The average Bonchev–Trinajstić information content (AvgIpc) is 2.98. The van der Waals surface area contributed by atoms with Gasteiger partial charge in [-0.25, -0.2) is 0 Å². The largest absolute Gasteiger partial charge is 0.370 e. The summed E-state index contributed by atoms with van der Waals surface area (Å²) in [4.78, 5) is 41.3. The number of amides is 3. The normalized spacial score (nSPS) is 19.1. The third-order valence-electron chi connectivity index (χ3n) is 5.29. The minimum atomic E-state index is -0.322. The molecule has 0 unspecified atom stereocenters. The summed E-state index contributed by atoms with van der Waals surface area (Å²) in [7, 11) is 0. The Hall–Kier alpha value is -2.99. The van der Waals surface area contributed by atoms with Crippen molar-refractivity contribution in [3.63, 3.8) is 0 Å². The van der Waals surface area contributed by atoms with Crippen molar-refractivity contribution in [1.82, 2.24) is 9.80 Å². The highest BCUT2D eigenvalue weighted by Crippen LogP contribution is 2.27. The standard InChI is InChI=1S/C23H24N2O4/c1-15(2)13-25-22(27)18-9-8-17(12-19(18)23(25)28)21(26)24-10-11-29-20(14-24)16-6-4-3-5-7-16/h3-9,12,15,20H,10-11,13-14H2,1-2H3/t20-/m0/s1. The van der Waals surface area contributed by atoms with Gasteiger partial charge in [0.2, 0.25) is 0 Å². The van der Waals surface area contributed by atoms with E-state index in [2.05, 4.69) is 0 Å². The number of imide groups is 1. The number of morpholine rings is 1. The smallest absolute Gasteiger partial charge is 0.261 e. The lowest BCUT2D eigenvalue weighted by atomic mass is 10.0. The molecule has 6 heteroatoms. The number of carbonyl (C=O) groups is 3. The molecule has 150 valence electrons. The lowest BCUT2D eigenvalue weighted by molar-refractivity contribution is -0.0228. The van der Waals surface area contributed by atoms with Crippen molar-refractivity contribution in [2.45, 2.75) is 20.0 Å². The molecule has 29 heavy (non-hydrogen) atoms. The van der Waals surface area contributed by atoms with Crippen LogP contribution in [0.2, 0.25) is 0 Å². The fourth-order valence-corrected chi connectivity index (χ4v) is 3.84. The molecule has 2 aliphatic heterocycles. The Morgan fingerprint density at radius 1 is 1.07 bits per heavy atom. The predicted octanol–water partition coefficient (Wildman–Crippen LogP) is 3.15. The van der Waals surface area contributed by atoms with E-state index >= 15 is 0 Å². The number of rotatable bonds is 4. The van der Waals surface area contributed by atoms with E-state index in [9.17, 15) is 14.4 Å². The Labute approximate surface area is 170 Å². The maximum atomic E-state index is 13.1. The molecule has 1 saturated heterocycles. The lowest BCUT2D eigenvalue weighted by Gasteiger charge is -2.33. The van der Waals surface area contributed by atoms with Crippen molar-refractivity contribution >= 4 is 17.7 Å². The Morgan fingerprint density at radius 2 is 1.79 bits per heavy atom. The van der Waals surface area contributed by atoms with Crippen molar-refractivity contribution < 1.29 is 19.1 Å². The molecule has 2 aromatic carbocycles. The van der Waals surface area contributed by atoms with Gasteiger partial charge >= 0.3 is 0 Å². The van der Waals surface area contributed by atoms with E-state index in [1.54, 1.807) is 23.1 Å². The minimum Gasteiger partial charge on any atom is -0.370 e. The first-order valence-corrected chi connectivity index (χ1v) is 9.91. The molecule has 6 nitrogen and oxygen atoms in total. The summed E-state index contributed by atoms with van der Waals surface area (Å²) in [5.41, 5.74) is 2.14. The van der Waals surface area contributed by atoms with Crippen LogP contribution >= 0.6 is 0 Å². The summed E-state index contributed by atoms with van der Waals surface area (Å²) < 4.78 is 5.84. The summed E-state index contributed by atoms with van der Waals surface area (Å²) in [6, 6.07) is 14.6. The van der Waals surface area contributed by atoms with Crippen LogP contribution in [0, 0.1) is 5.92 Å². The van der Waals surface area contributed by atoms with Gasteiger partial charge in [-0.3, -0.25) is 19.3 Å². The molecule has 2 aromatic rings. The van der Waals surface area contributed by atoms with Gasteiger partial charge < -0.3 is 9.64 Å². The quantitative estimate of drug-likeness (QED) is 0.750. The zero-order valence-corrected chi connectivity index (χ0v) is 16.6. The first kappa shape index (κ1) is 19.3. The maximum absolute atomic E-state index is 13.1. The number of hydrogen-bond donors (Lipinski definition) is 0. The highest BCUT2D eigenvalue weighted by atomic mass is 16.5. The van der Waals surface area contributed by atoms with Crippen molar-refractivity contribution in [2.24, 2.45) is 5.92 Å². The summed E-state index contributed by atoms with van der Waals surface area (Å²) in [5, 5.41) is 0. The van der Waals surface area contributed by atoms with Gasteiger partial charge in [0.15, 0.2) is 0 Å². The number of fused-ring (bicyclic) bond motifs is 1. The molecule has 4 rings (SSSR count). The number of hydrogen-bond acceptors (Lipinski definition) is 4. The van der Waals surface area contributed by atoms with Crippen LogP contribution < -0.4 is 0 Å². The zero-order chi connectivity index (χ0) is 20.5. The Morgan fingerprint density at radius 3 is 2.52 bits per heavy atom. The van der Waals surface area contributed by atoms with Gasteiger partial charge in [-0.15, -0.1) is 0 Å². The van der Waals surface area contributed by atoms with Crippen LogP contribution in [0.5, 0.6) is 0 Å². The lowest BCUT2D eigenvalue weighted by Crippen LogP contribution is -2.42. The van der Waals surface area contributed by atoms with Gasteiger partial charge in [0.25, 0.3) is 17.7 Å². The van der Waals surface area contributed by atoms with Gasteiger partial charge in [0.1, 0.15) is 6.10 Å². The highest BCUT2D eigenvalue weighted by molar-refractivity contribution is 6.22. The fraction of sp³-hybridized carbons (Fsp3) is 0.348. The van der Waals surface area contributed by atoms with Crippen LogP contribution in [0.1, 0.15) is 56.6 Å². The van der Waals surface area contributed by atoms with Gasteiger partial charge in [0.05, 0.1) is 24.3 Å². The molecule has 0 saturated carbocycles. The molecule has 2 aliphatic rings. The monoisotopic (exact) mass is 392 g/mol. The van der Waals surface area contributed by atoms with E-state index in [0.717, 1.165) is 5.56 Å². The maximum Gasteiger partial charge on any atom is 0.261 e. The molecule has 1 atom stereocenters. The van der Waals surface area contributed by atoms with Crippen LogP contribution in [-0.2, 0) is 4.74 Å². The first-order valence-electron chi connectivity index (χ1n) is 9.91. The number of nitrogens with zero attached hydrogens (tertiary/aromatic N) is 2. The summed E-state index contributed by atoms with van der Waals surface area (Å²) in [5.74, 6) is -0.577. The van der Waals surface area contributed by atoms with E-state index in [4.69, 9.17) is 4.74 Å². The van der Waals surface area contributed by atoms with Gasteiger partial charge in [-0.05, 0) is 29.7 Å². The second kappa shape index (κ2) is 7.79. The van der Waals surface area contributed by atoms with Gasteiger partial charge in [-0.2, -0.15) is 0 Å². The van der Waals surface area contributed by atoms with Gasteiger partial charge in [-0.1, -0.05) is 44.2 Å². The van der Waals surface area contributed by atoms with Crippen molar-refractivity contribution in [3.8, 4) is 0 Å². The van der Waals surface area contributed by atoms with Crippen molar-refractivity contribution in [1.29, 1.82) is 0 Å². The van der Waals surface area contributed by atoms with Crippen LogP contribution in [0.15, 0.2) is 48.5 Å². The van der Waals surface area contributed by atoms with E-state index in [0.29, 0.717) is 42.9 Å². The molecule has 0 bridgehead atoms. The van der Waals surface area contributed by atoms with E-state index in [1.165, 1.54) is 4.90 Å². The fourth-order valence-electron chi connectivity index (χ4n) is 3.84. The third kappa shape index (κ3) is 3.68. The Bertz CT molecular complexity index is 955. The molecular formula is C23H24N2O4. The Kier molecular flexibility index (Phi) is 5.20. The van der Waals surface area contributed by atoms with Crippen LogP contribution in [0.4, 0.5) is 0 Å². The molecule has 2 heterocycles. The average molecular weight is 392 g/mol. The SMILES string of the molecule is CC(C)CN1C(=O)c2ccc(C(=O)N3CCO[C@H](c4ccccc4)C3)cc2C1=O. The van der Waals surface area contributed by atoms with E-state index in [-0.39, 0.29) is 29.7 Å². The predicted molar refractivity (Wildman–Crippen MR) is 108 cm³/mol. The molecule has 0 radical (unpaired) electrons. The number of benzene rings is 2. The van der Waals surface area contributed by atoms with Crippen LogP contribution in [-0.4, -0.2) is 53.8 Å². The number of carbonyl (C=O) groups excluding carboxylic acids is 3. The molecule has 0 aliphatic carbocycles. The van der Waals surface area contributed by atoms with E-state index in [1.807, 2.05) is 44.2 Å². The molecule has 0 N–H and O–H groups in total. The van der Waals surface area contributed by atoms with Gasteiger partial charge in [0, 0.05) is 18.7 Å². The van der Waals surface area contributed by atoms with Crippen LogP contribution in [0.25, 0.3) is 0 Å². The summed E-state index contributed by atoms with van der Waals surface area (Å²) in [6.07, 6.45) is -0.173. The van der Waals surface area contributed by atoms with Crippen molar-refractivity contribution in [2.75, 3.05) is 26.2 Å². The zero-order valence-electron chi connectivity index (χ0n) is 16.6. The van der Waals surface area contributed by atoms with Crippen molar-refractivity contribution in [3.05, 3.63) is 70.8 Å². The number of ether oxygens (including phenoxy) is 1. The van der Waals surface area contributed by atoms with Crippen LogP contribution in [0.3, 0.4) is 0 Å². The minimum absolute atomic E-state index is 0.153. The summed E-state index contributed by atoms with van der Waals surface area (Å²) >= 11 is 0. The molecule has 0 aromatic heterocycles. The topological polar surface area (TPSA) is 66.9 Å². The third-order valence-corrected chi connectivity index (χ3v) is 5.29. The molecule has 3 amide bonds. The molecule has 0 spiro atoms. The second-order valence-corrected chi connectivity index (χ2v) is 7.90. The summed E-state index contributed by atoms with van der Waals surface area (Å²) in [6.45, 7) is 5.69. The highest BCUT2D eigenvalue weighted by Gasteiger charge is 2.36. The second-order valence-electron chi connectivity index (χ2n) is 7.90. The van der Waals surface area contributed by atoms with E-state index < -0.39 is 0 Å². The Balaban J connectivity index is 1.54. The molecule has 1 fully saturated rings. The molecular weight excluding hydrogens is 368 g/mol.